The molecule has 0 aliphatic carbocycles. The van der Waals surface area contributed by atoms with E-state index in [9.17, 15) is 0 Å². The van der Waals surface area contributed by atoms with Crippen molar-refractivity contribution in [3.63, 3.8) is 0 Å². The standard InChI is InChI=1S/C23H16ClO.ClHO4/c24-20-13-10-17(11-14-20)12-15-23-21(18-6-2-1-3-7-18)16-19-8-4-5-9-22(19)25-23;2-1(3,4)5/h1-16H;(H,2,3,4,5)/q+1;/p-1. The fourth-order valence-corrected chi connectivity index (χ4v) is 2.93. The lowest BCUT2D eigenvalue weighted by Gasteiger charge is -2.17. The molecule has 4 rings (SSSR count). The summed E-state index contributed by atoms with van der Waals surface area (Å²) in [5, 5.41) is 1.82. The number of fused-ring (bicyclic) bond motifs is 1. The van der Waals surface area contributed by atoms with Crippen molar-refractivity contribution in [3.05, 3.63) is 101 Å². The van der Waals surface area contributed by atoms with Gasteiger partial charge in [0.1, 0.15) is 0 Å². The van der Waals surface area contributed by atoms with Crippen LogP contribution in [0.4, 0.5) is 0 Å². The quantitative estimate of drug-likeness (QED) is 0.453. The highest BCUT2D eigenvalue weighted by Gasteiger charge is 2.17. The van der Waals surface area contributed by atoms with Gasteiger partial charge in [0.2, 0.25) is 0 Å². The Balaban J connectivity index is 0.000000461. The third-order valence-electron chi connectivity index (χ3n) is 4.09. The summed E-state index contributed by atoms with van der Waals surface area (Å²) in [6.45, 7) is 0. The van der Waals surface area contributed by atoms with Crippen molar-refractivity contribution in [1.29, 1.82) is 0 Å². The smallest absolute Gasteiger partial charge is 0.222 e. The maximum atomic E-state index is 8.49. The number of para-hydroxylation sites is 1. The Morgan fingerprint density at radius 1 is 0.733 bits per heavy atom. The first-order valence-corrected chi connectivity index (χ1v) is 10.4. The van der Waals surface area contributed by atoms with E-state index in [0.29, 0.717) is 0 Å². The highest BCUT2D eigenvalue weighted by Crippen LogP contribution is 2.30. The molecule has 0 aliphatic rings. The van der Waals surface area contributed by atoms with Gasteiger partial charge >= 0.3 is 11.3 Å². The van der Waals surface area contributed by atoms with Gasteiger partial charge in [0, 0.05) is 17.2 Å². The summed E-state index contributed by atoms with van der Waals surface area (Å²) in [5.41, 5.74) is 4.15. The van der Waals surface area contributed by atoms with Crippen LogP contribution in [0, 0.1) is 10.2 Å². The molecule has 0 aliphatic heterocycles. The number of hydrogen-bond donors (Lipinski definition) is 0. The van der Waals surface area contributed by atoms with Crippen LogP contribution in [0.2, 0.25) is 5.02 Å². The van der Waals surface area contributed by atoms with E-state index in [-0.39, 0.29) is 0 Å². The molecule has 0 atom stereocenters. The van der Waals surface area contributed by atoms with Gasteiger partial charge in [-0.1, -0.05) is 66.2 Å². The van der Waals surface area contributed by atoms with Crippen LogP contribution in [-0.2, 0) is 0 Å². The molecule has 1 heterocycles. The first-order valence-electron chi connectivity index (χ1n) is 8.76. The molecule has 0 fully saturated rings. The van der Waals surface area contributed by atoms with Crippen molar-refractivity contribution < 1.29 is 33.3 Å². The molecule has 30 heavy (non-hydrogen) atoms. The predicted molar refractivity (Wildman–Crippen MR) is 106 cm³/mol. The van der Waals surface area contributed by atoms with Crippen LogP contribution < -0.4 is 18.6 Å². The monoisotopic (exact) mass is 442 g/mol. The molecule has 0 amide bonds. The summed E-state index contributed by atoms with van der Waals surface area (Å²) in [6, 6.07) is 28.3. The van der Waals surface area contributed by atoms with E-state index < -0.39 is 10.2 Å². The Hall–Kier alpha value is -2.77. The molecule has 152 valence electrons. The van der Waals surface area contributed by atoms with Crippen molar-refractivity contribution in [2.75, 3.05) is 0 Å². The van der Waals surface area contributed by atoms with E-state index in [1.54, 1.807) is 0 Å². The van der Waals surface area contributed by atoms with E-state index in [2.05, 4.69) is 24.3 Å². The molecule has 5 nitrogen and oxygen atoms in total. The maximum Gasteiger partial charge on any atom is 0.361 e. The first-order chi connectivity index (χ1) is 14.3. The Morgan fingerprint density at radius 2 is 1.33 bits per heavy atom. The molecule has 0 saturated carbocycles. The van der Waals surface area contributed by atoms with Crippen LogP contribution in [0.25, 0.3) is 34.2 Å². The van der Waals surface area contributed by atoms with Crippen LogP contribution >= 0.6 is 11.6 Å². The van der Waals surface area contributed by atoms with Crippen molar-refractivity contribution in [2.45, 2.75) is 0 Å². The van der Waals surface area contributed by atoms with Crippen molar-refractivity contribution in [3.8, 4) is 11.1 Å². The predicted octanol–water partition coefficient (Wildman–Crippen LogP) is 2.45. The van der Waals surface area contributed by atoms with E-state index >= 15 is 0 Å². The van der Waals surface area contributed by atoms with Crippen LogP contribution in [0.3, 0.4) is 0 Å². The fraction of sp³-hybridized carbons (Fsp3) is 0. The normalized spacial score (nSPS) is 11.4. The topological polar surface area (TPSA) is 104 Å². The summed E-state index contributed by atoms with van der Waals surface area (Å²) in [6.07, 6.45) is 4.05. The number of halogens is 2. The Morgan fingerprint density at radius 3 is 2.00 bits per heavy atom. The van der Waals surface area contributed by atoms with Crippen molar-refractivity contribution >= 4 is 34.7 Å². The molecule has 7 heteroatoms. The zero-order valence-electron chi connectivity index (χ0n) is 15.5. The SMILES string of the molecule is Clc1ccc(C=Cc2[o+]c3ccccc3cc2-c2ccccc2)cc1.[O-][Cl+3]([O-])([O-])[O-]. The highest BCUT2D eigenvalue weighted by atomic mass is 35.7. The minimum atomic E-state index is -4.94. The van der Waals surface area contributed by atoms with E-state index in [1.807, 2.05) is 72.8 Å². The Bertz CT molecular complexity index is 1130. The molecule has 0 bridgehead atoms. The van der Waals surface area contributed by atoms with E-state index in [0.717, 1.165) is 38.4 Å². The van der Waals surface area contributed by atoms with E-state index in [4.69, 9.17) is 34.7 Å². The van der Waals surface area contributed by atoms with Crippen molar-refractivity contribution in [2.24, 2.45) is 0 Å². The van der Waals surface area contributed by atoms with Gasteiger partial charge in [-0.3, -0.25) is 0 Å². The summed E-state index contributed by atoms with van der Waals surface area (Å²) in [7, 11) is -4.94. The number of benzene rings is 3. The molecule has 0 N–H and O–H groups in total. The van der Waals surface area contributed by atoms with Crippen LogP contribution in [0.15, 0.2) is 89.3 Å². The van der Waals surface area contributed by atoms with Crippen LogP contribution in [0.5, 0.6) is 0 Å². The van der Waals surface area contributed by atoms with E-state index in [1.165, 1.54) is 0 Å². The lowest BCUT2D eigenvalue weighted by Crippen LogP contribution is -2.68. The van der Waals surface area contributed by atoms with Gasteiger partial charge in [0.25, 0.3) is 0 Å². The van der Waals surface area contributed by atoms with Gasteiger partial charge in [0.15, 0.2) is 0 Å². The van der Waals surface area contributed by atoms with Crippen molar-refractivity contribution in [1.82, 2.24) is 0 Å². The van der Waals surface area contributed by atoms with Gasteiger partial charge in [-0.15, -0.1) is 10.2 Å². The summed E-state index contributed by atoms with van der Waals surface area (Å²) >= 11 is 5.96. The molecule has 0 radical (unpaired) electrons. The lowest BCUT2D eigenvalue weighted by atomic mass is 10.0. The van der Waals surface area contributed by atoms with Gasteiger partial charge in [0.05, 0.1) is 10.9 Å². The highest BCUT2D eigenvalue weighted by molar-refractivity contribution is 6.30. The Labute approximate surface area is 180 Å². The molecule has 0 saturated heterocycles. The Kier molecular flexibility index (Phi) is 7.18. The zero-order chi connectivity index (χ0) is 21.6. The number of hydrogen-bond acceptors (Lipinski definition) is 4. The first kappa shape index (κ1) is 21.9. The molecule has 0 unspecified atom stereocenters. The minimum absolute atomic E-state index is 0.734. The molecule has 3 aromatic carbocycles. The summed E-state index contributed by atoms with van der Waals surface area (Å²) < 4.78 is 40.2. The van der Waals surface area contributed by atoms with Gasteiger partial charge in [-0.2, -0.15) is 0 Å². The van der Waals surface area contributed by atoms with Crippen LogP contribution in [-0.4, -0.2) is 0 Å². The molecule has 0 spiro atoms. The largest absolute Gasteiger partial charge is 0.361 e. The molecular formula is C23H16Cl2O5. The second-order valence-corrected chi connectivity index (χ2v) is 7.38. The van der Waals surface area contributed by atoms with Gasteiger partial charge in [-0.05, 0) is 41.5 Å². The second-order valence-electron chi connectivity index (χ2n) is 6.19. The minimum Gasteiger partial charge on any atom is -0.222 e. The fourth-order valence-electron chi connectivity index (χ4n) is 2.81. The summed E-state index contributed by atoms with van der Waals surface area (Å²) in [5.74, 6) is 0.833. The zero-order valence-corrected chi connectivity index (χ0v) is 17.0. The lowest BCUT2D eigenvalue weighted by molar-refractivity contribution is -2.00. The average Bonchev–Trinajstić information content (AvgIpc) is 2.72. The molecular weight excluding hydrogens is 427 g/mol. The summed E-state index contributed by atoms with van der Waals surface area (Å²) in [4.78, 5) is 0. The third kappa shape index (κ3) is 6.64. The second kappa shape index (κ2) is 9.82. The average molecular weight is 443 g/mol. The molecule has 4 aromatic rings. The third-order valence-corrected chi connectivity index (χ3v) is 4.34. The number of rotatable bonds is 3. The maximum absolute atomic E-state index is 8.49. The van der Waals surface area contributed by atoms with Gasteiger partial charge < -0.3 is 0 Å². The molecule has 1 aromatic heterocycles. The van der Waals surface area contributed by atoms with Gasteiger partial charge in [-0.25, -0.2) is 23.1 Å². The van der Waals surface area contributed by atoms with Crippen LogP contribution in [0.1, 0.15) is 11.3 Å².